The second kappa shape index (κ2) is 11.5. The van der Waals surface area contributed by atoms with Crippen LogP contribution in [0, 0.1) is 0 Å². The van der Waals surface area contributed by atoms with Crippen LogP contribution in [-0.4, -0.2) is 120 Å². The van der Waals surface area contributed by atoms with Crippen LogP contribution in [0.2, 0.25) is 0 Å². The number of rotatable bonds is 6. The summed E-state index contributed by atoms with van der Waals surface area (Å²) in [6.07, 6.45) is -15.1. The summed E-state index contributed by atoms with van der Waals surface area (Å²) in [5.74, 6) is -3.47. The number of hydrogen-bond acceptors (Lipinski definition) is 16. The van der Waals surface area contributed by atoms with E-state index in [0.29, 0.717) is 0 Å². The summed E-state index contributed by atoms with van der Waals surface area (Å²) in [6, 6.07) is 5.86. The lowest BCUT2D eigenvalue weighted by molar-refractivity contribution is -0.277. The molecular weight excluding hydrogens is 568 g/mol. The molecule has 9 atom stereocenters. The number of aliphatic hydroxyl groups excluding tert-OH is 7. The molecule has 0 unspecified atom stereocenters. The Bertz CT molecular complexity index is 1490. The standard InChI is InChI=1S/C26H28O16/c27-6-13-16(32)19(35)21(37)26(40-13)42-24-18(34)14-10(29)5-12(39-25-20(36)15(31)11(30)7-38-25)17(33)23(14)41-22(24)8-1-3-9(28)4-2-8/h1-5,11,13,15-16,19-21,25-33,35-37H,6-7H2/t11-,13+,15-,16+,19-,20+,21+,25-,26-/m0/s1. The first-order valence-electron chi connectivity index (χ1n) is 12.6. The van der Waals surface area contributed by atoms with Gasteiger partial charge in [0, 0.05) is 11.6 Å². The van der Waals surface area contributed by atoms with E-state index in [-0.39, 0.29) is 11.3 Å². The highest BCUT2D eigenvalue weighted by Gasteiger charge is 2.45. The maximum absolute atomic E-state index is 13.7. The molecule has 16 heteroatoms. The van der Waals surface area contributed by atoms with Gasteiger partial charge in [-0.25, -0.2) is 0 Å². The monoisotopic (exact) mass is 596 g/mol. The average molecular weight is 596 g/mol. The molecule has 0 bridgehead atoms. The molecular formula is C26H28O16. The molecule has 3 aromatic rings. The summed E-state index contributed by atoms with van der Waals surface area (Å²) in [4.78, 5) is 13.7. The molecule has 0 radical (unpaired) electrons. The van der Waals surface area contributed by atoms with Crippen molar-refractivity contribution in [3.63, 3.8) is 0 Å². The molecule has 0 aliphatic carbocycles. The van der Waals surface area contributed by atoms with Crippen LogP contribution in [0.15, 0.2) is 39.5 Å². The van der Waals surface area contributed by atoms with Gasteiger partial charge in [0.15, 0.2) is 17.1 Å². The van der Waals surface area contributed by atoms with E-state index in [9.17, 15) is 55.9 Å². The number of aliphatic hydroxyl groups is 7. The molecule has 2 fully saturated rings. The SMILES string of the molecule is O=c1c(O[C@@H]2O[C@H](CO)[C@@H](O)[C@H](O)[C@H]2O)c(-c2ccc(O)cc2)oc2c(O)c(O[C@@H]3OC[C@H](O)[C@H](O)[C@H]3O)cc(O)c12. The van der Waals surface area contributed by atoms with Gasteiger partial charge in [-0.3, -0.25) is 4.79 Å². The number of phenols is 3. The van der Waals surface area contributed by atoms with Gasteiger partial charge in [-0.2, -0.15) is 0 Å². The molecule has 0 amide bonds. The van der Waals surface area contributed by atoms with Gasteiger partial charge in [-0.1, -0.05) is 0 Å². The van der Waals surface area contributed by atoms with E-state index in [4.69, 9.17) is 23.4 Å². The molecule has 1 aromatic heterocycles. The molecule has 10 N–H and O–H groups in total. The number of aromatic hydroxyl groups is 3. The van der Waals surface area contributed by atoms with Crippen LogP contribution < -0.4 is 14.9 Å². The van der Waals surface area contributed by atoms with E-state index < -0.39 is 114 Å². The van der Waals surface area contributed by atoms with Crippen molar-refractivity contribution in [1.82, 2.24) is 0 Å². The van der Waals surface area contributed by atoms with Crippen molar-refractivity contribution in [2.24, 2.45) is 0 Å². The maximum atomic E-state index is 13.7. The summed E-state index contributed by atoms with van der Waals surface area (Å²) < 4.78 is 27.3. The van der Waals surface area contributed by atoms with E-state index in [1.54, 1.807) is 0 Å². The smallest absolute Gasteiger partial charge is 0.239 e. The number of ether oxygens (including phenoxy) is 4. The predicted molar refractivity (Wildman–Crippen MR) is 136 cm³/mol. The van der Waals surface area contributed by atoms with Crippen molar-refractivity contribution in [3.05, 3.63) is 40.6 Å². The molecule has 42 heavy (non-hydrogen) atoms. The third-order valence-corrected chi connectivity index (χ3v) is 6.95. The molecule has 2 saturated heterocycles. The minimum absolute atomic E-state index is 0.0831. The van der Waals surface area contributed by atoms with Crippen LogP contribution in [0.5, 0.6) is 28.7 Å². The lowest BCUT2D eigenvalue weighted by atomic mass is 9.99. The number of hydrogen-bond donors (Lipinski definition) is 10. The molecule has 2 aromatic carbocycles. The minimum Gasteiger partial charge on any atom is -0.508 e. The Hall–Kier alpha value is -3.71. The highest BCUT2D eigenvalue weighted by Crippen LogP contribution is 2.44. The third kappa shape index (κ3) is 5.19. The molecule has 228 valence electrons. The molecule has 5 rings (SSSR count). The Morgan fingerprint density at radius 1 is 0.833 bits per heavy atom. The Morgan fingerprint density at radius 3 is 2.17 bits per heavy atom. The van der Waals surface area contributed by atoms with Crippen LogP contribution >= 0.6 is 0 Å². The van der Waals surface area contributed by atoms with E-state index in [2.05, 4.69) is 0 Å². The third-order valence-electron chi connectivity index (χ3n) is 6.95. The largest absolute Gasteiger partial charge is 0.508 e. The Morgan fingerprint density at radius 2 is 1.50 bits per heavy atom. The minimum atomic E-state index is -1.92. The van der Waals surface area contributed by atoms with Crippen LogP contribution in [0.3, 0.4) is 0 Å². The van der Waals surface area contributed by atoms with Gasteiger partial charge in [0.1, 0.15) is 59.6 Å². The Kier molecular flexibility index (Phi) is 8.17. The number of fused-ring (bicyclic) bond motifs is 1. The Labute approximate surface area is 235 Å². The normalized spacial score (nSPS) is 31.6. The van der Waals surface area contributed by atoms with Gasteiger partial charge in [-0.15, -0.1) is 0 Å². The summed E-state index contributed by atoms with van der Waals surface area (Å²) >= 11 is 0. The quantitative estimate of drug-likeness (QED) is 0.133. The van der Waals surface area contributed by atoms with Crippen LogP contribution in [0.1, 0.15) is 0 Å². The van der Waals surface area contributed by atoms with Gasteiger partial charge in [0.2, 0.25) is 29.5 Å². The fraction of sp³-hybridized carbons (Fsp3) is 0.423. The Balaban J connectivity index is 1.62. The zero-order valence-corrected chi connectivity index (χ0v) is 21.4. The molecule has 2 aliphatic rings. The van der Waals surface area contributed by atoms with Crippen molar-refractivity contribution < 1.29 is 74.4 Å². The molecule has 16 nitrogen and oxygen atoms in total. The van der Waals surface area contributed by atoms with Gasteiger partial charge in [0.25, 0.3) is 0 Å². The molecule has 2 aliphatic heterocycles. The molecule has 0 saturated carbocycles. The van der Waals surface area contributed by atoms with Crippen molar-refractivity contribution in [2.75, 3.05) is 13.2 Å². The average Bonchev–Trinajstić information content (AvgIpc) is 2.97. The zero-order chi connectivity index (χ0) is 30.5. The first kappa shape index (κ1) is 29.8. The second-order valence-electron chi connectivity index (χ2n) is 9.77. The molecule has 0 spiro atoms. The van der Waals surface area contributed by atoms with Gasteiger partial charge < -0.3 is 74.4 Å². The van der Waals surface area contributed by atoms with E-state index >= 15 is 0 Å². The summed E-state index contributed by atoms with van der Waals surface area (Å²) in [5.41, 5.74) is -1.66. The van der Waals surface area contributed by atoms with Crippen molar-refractivity contribution in [2.45, 2.75) is 55.3 Å². The second-order valence-corrected chi connectivity index (χ2v) is 9.77. The maximum Gasteiger partial charge on any atom is 0.239 e. The number of benzene rings is 2. The lowest BCUT2D eigenvalue weighted by Gasteiger charge is -2.39. The van der Waals surface area contributed by atoms with E-state index in [0.717, 1.165) is 6.07 Å². The fourth-order valence-electron chi connectivity index (χ4n) is 4.58. The van der Waals surface area contributed by atoms with Gasteiger partial charge >= 0.3 is 0 Å². The lowest BCUT2D eigenvalue weighted by Crippen LogP contribution is -2.60. The van der Waals surface area contributed by atoms with Crippen LogP contribution in [0.25, 0.3) is 22.3 Å². The van der Waals surface area contributed by atoms with Crippen LogP contribution in [0.4, 0.5) is 0 Å². The first-order valence-corrected chi connectivity index (χ1v) is 12.6. The zero-order valence-electron chi connectivity index (χ0n) is 21.4. The van der Waals surface area contributed by atoms with Crippen molar-refractivity contribution >= 4 is 11.0 Å². The number of phenolic OH excluding ortho intramolecular Hbond substituents is 3. The first-order chi connectivity index (χ1) is 19.9. The summed E-state index contributed by atoms with van der Waals surface area (Å²) in [6.45, 7) is -1.21. The van der Waals surface area contributed by atoms with E-state index in [1.165, 1.54) is 24.3 Å². The van der Waals surface area contributed by atoms with E-state index in [1.807, 2.05) is 0 Å². The fourth-order valence-corrected chi connectivity index (χ4v) is 4.58. The molecule has 3 heterocycles. The summed E-state index contributed by atoms with van der Waals surface area (Å²) in [5, 5.41) is 101. The van der Waals surface area contributed by atoms with Crippen molar-refractivity contribution in [1.29, 1.82) is 0 Å². The van der Waals surface area contributed by atoms with Gasteiger partial charge in [-0.05, 0) is 24.3 Å². The topological polar surface area (TPSA) is 269 Å². The van der Waals surface area contributed by atoms with Crippen molar-refractivity contribution in [3.8, 4) is 40.1 Å². The predicted octanol–water partition coefficient (Wildman–Crippen LogP) is -2.43. The highest BCUT2D eigenvalue weighted by atomic mass is 16.7. The summed E-state index contributed by atoms with van der Waals surface area (Å²) in [7, 11) is 0. The van der Waals surface area contributed by atoms with Gasteiger partial charge in [0.05, 0.1) is 13.2 Å². The van der Waals surface area contributed by atoms with Crippen LogP contribution in [-0.2, 0) is 9.47 Å². The highest BCUT2D eigenvalue weighted by molar-refractivity contribution is 5.93.